The van der Waals surface area contributed by atoms with Crippen LogP contribution in [-0.4, -0.2) is 67.6 Å². The number of ketones is 3. The van der Waals surface area contributed by atoms with Crippen molar-refractivity contribution in [3.63, 3.8) is 0 Å². The topological polar surface area (TPSA) is 101 Å². The van der Waals surface area contributed by atoms with Crippen molar-refractivity contribution in [3.05, 3.63) is 51.1 Å². The van der Waals surface area contributed by atoms with Gasteiger partial charge in [0.1, 0.15) is 16.3 Å². The average Bonchev–Trinajstić information content (AvgIpc) is 3.22. The zero-order valence-electron chi connectivity index (χ0n) is 17.7. The lowest BCUT2D eigenvalue weighted by atomic mass is 9.95. The van der Waals surface area contributed by atoms with Crippen LogP contribution >= 0.6 is 11.3 Å². The predicted molar refractivity (Wildman–Crippen MR) is 118 cm³/mol. The number of likely N-dealkylation sites (N-methyl/N-ethyl adjacent to an activating group) is 1. The third-order valence-electron chi connectivity index (χ3n) is 5.33. The molecule has 2 aliphatic rings. The molecule has 0 amide bonds. The Bertz CT molecular complexity index is 1090. The molecule has 1 aliphatic carbocycles. The minimum Gasteiger partial charge on any atom is -0.497 e. The van der Waals surface area contributed by atoms with E-state index in [0.717, 1.165) is 34.8 Å². The second kappa shape index (κ2) is 8.60. The van der Waals surface area contributed by atoms with Crippen LogP contribution in [-0.2, 0) is 6.42 Å². The Kier molecular flexibility index (Phi) is 5.88. The van der Waals surface area contributed by atoms with Crippen LogP contribution < -0.4 is 15.4 Å². The molecular formula is C22H24N4O4S. The molecular weight excluding hydrogens is 416 g/mol. The number of anilines is 1. The van der Waals surface area contributed by atoms with Crippen LogP contribution in [0.15, 0.2) is 30.0 Å². The van der Waals surface area contributed by atoms with Gasteiger partial charge in [0, 0.05) is 24.9 Å². The molecule has 4 rings (SSSR count). The molecule has 1 unspecified atom stereocenters. The van der Waals surface area contributed by atoms with Crippen molar-refractivity contribution >= 4 is 34.4 Å². The number of methoxy groups -OCH3 is 1. The summed E-state index contributed by atoms with van der Waals surface area (Å²) in [4.78, 5) is 44.9. The molecule has 0 radical (unpaired) electrons. The molecule has 8 nitrogen and oxygen atoms in total. The lowest BCUT2D eigenvalue weighted by Crippen LogP contribution is -2.33. The number of hydrogen-bond acceptors (Lipinski definition) is 9. The maximum absolute atomic E-state index is 13.1. The molecule has 1 atom stereocenters. The zero-order valence-corrected chi connectivity index (χ0v) is 18.5. The van der Waals surface area contributed by atoms with E-state index < -0.39 is 6.04 Å². The van der Waals surface area contributed by atoms with Crippen molar-refractivity contribution in [3.8, 4) is 5.75 Å². The molecule has 1 aliphatic heterocycles. The number of hydrogen-bond donors (Lipinski definition) is 2. The second-order valence-electron chi connectivity index (χ2n) is 7.80. The Morgan fingerprint density at radius 1 is 1.35 bits per heavy atom. The van der Waals surface area contributed by atoms with Gasteiger partial charge in [-0.15, -0.1) is 11.3 Å². The molecule has 0 saturated heterocycles. The van der Waals surface area contributed by atoms with Gasteiger partial charge in [0.2, 0.25) is 11.6 Å². The minimum absolute atomic E-state index is 0.0640. The summed E-state index contributed by atoms with van der Waals surface area (Å²) in [6.45, 7) is 1.24. The number of allylic oxidation sites excluding steroid dienone is 2. The number of Topliss-reactive ketones (excluding diaryl/α,β-unsaturated/α-hetero) is 2. The van der Waals surface area contributed by atoms with E-state index in [0.29, 0.717) is 19.5 Å². The van der Waals surface area contributed by atoms with Crippen molar-refractivity contribution in [1.82, 2.24) is 15.2 Å². The van der Waals surface area contributed by atoms with Gasteiger partial charge in [0.25, 0.3) is 0 Å². The Hall–Kier alpha value is -3.04. The molecule has 2 heterocycles. The largest absolute Gasteiger partial charge is 0.497 e. The average molecular weight is 441 g/mol. The van der Waals surface area contributed by atoms with Gasteiger partial charge in [0.15, 0.2) is 10.8 Å². The highest BCUT2D eigenvalue weighted by Gasteiger charge is 2.34. The summed E-state index contributed by atoms with van der Waals surface area (Å²) in [7, 11) is 5.47. The third-order valence-corrected chi connectivity index (χ3v) is 6.42. The number of benzene rings is 1. The van der Waals surface area contributed by atoms with E-state index in [1.807, 2.05) is 37.2 Å². The van der Waals surface area contributed by atoms with Crippen LogP contribution in [0, 0.1) is 0 Å². The van der Waals surface area contributed by atoms with Crippen molar-refractivity contribution in [2.24, 2.45) is 0 Å². The Morgan fingerprint density at radius 3 is 2.90 bits per heavy atom. The first-order chi connectivity index (χ1) is 14.9. The second-order valence-corrected chi connectivity index (χ2v) is 8.80. The van der Waals surface area contributed by atoms with E-state index in [9.17, 15) is 14.4 Å². The van der Waals surface area contributed by atoms with E-state index in [1.54, 1.807) is 7.11 Å². The van der Waals surface area contributed by atoms with Crippen molar-refractivity contribution < 1.29 is 19.1 Å². The van der Waals surface area contributed by atoms with Gasteiger partial charge in [-0.25, -0.2) is 4.98 Å². The first-order valence-corrected chi connectivity index (χ1v) is 10.9. The fraction of sp³-hybridized carbons (Fsp3) is 0.364. The first-order valence-electron chi connectivity index (χ1n) is 10.0. The summed E-state index contributed by atoms with van der Waals surface area (Å²) in [5.74, 6) is -0.0775. The zero-order chi connectivity index (χ0) is 22.1. The normalized spacial score (nSPS) is 17.5. The molecule has 0 spiro atoms. The number of ether oxygens (including phenoxy) is 1. The summed E-state index contributed by atoms with van der Waals surface area (Å²) < 4.78 is 5.26. The third kappa shape index (κ3) is 4.24. The van der Waals surface area contributed by atoms with Crippen LogP contribution in [0.1, 0.15) is 41.9 Å². The number of aryl methyl sites for hydroxylation is 1. The number of nitrogens with zero attached hydrogens (tertiary/aromatic N) is 2. The van der Waals surface area contributed by atoms with Gasteiger partial charge < -0.3 is 20.3 Å². The van der Waals surface area contributed by atoms with E-state index in [4.69, 9.17) is 4.74 Å². The van der Waals surface area contributed by atoms with Gasteiger partial charge in [-0.3, -0.25) is 14.4 Å². The SMILES string of the molecule is COc1ccc2c(c1)CCC(C(=O)c1nc3c(s1)C(=O)C=C(NCCN(C)C)C3=O)N2. The van der Waals surface area contributed by atoms with E-state index >= 15 is 0 Å². The van der Waals surface area contributed by atoms with E-state index in [1.165, 1.54) is 6.08 Å². The molecule has 1 aromatic carbocycles. The molecule has 2 aromatic rings. The molecule has 2 N–H and O–H groups in total. The highest BCUT2D eigenvalue weighted by atomic mass is 32.1. The van der Waals surface area contributed by atoms with E-state index in [2.05, 4.69) is 15.6 Å². The summed E-state index contributed by atoms with van der Waals surface area (Å²) in [5.41, 5.74) is 2.26. The number of carbonyl (C=O) groups excluding carboxylic acids is 3. The standard InChI is InChI=1S/C22H24N4O4S/c1-26(2)9-8-23-16-11-17(27)21-18(19(16)28)25-22(31-21)20(29)15-6-4-12-10-13(30-3)5-7-14(12)24-15/h5,7,10-11,15,23-24H,4,6,8-9H2,1-3H3. The van der Waals surface area contributed by atoms with Gasteiger partial charge in [-0.1, -0.05) is 0 Å². The Morgan fingerprint density at radius 2 is 2.16 bits per heavy atom. The molecule has 31 heavy (non-hydrogen) atoms. The predicted octanol–water partition coefficient (Wildman–Crippen LogP) is 2.18. The summed E-state index contributed by atoms with van der Waals surface area (Å²) in [6, 6.07) is 5.24. The monoisotopic (exact) mass is 440 g/mol. The molecule has 0 fully saturated rings. The van der Waals surface area contributed by atoms with Gasteiger partial charge in [0.05, 0.1) is 18.8 Å². The fourth-order valence-corrected chi connectivity index (χ4v) is 4.60. The number of nitrogens with one attached hydrogen (secondary N) is 2. The van der Waals surface area contributed by atoms with Crippen LogP contribution in [0.2, 0.25) is 0 Å². The molecule has 1 aromatic heterocycles. The molecule has 0 bridgehead atoms. The summed E-state index contributed by atoms with van der Waals surface area (Å²) in [6.07, 6.45) is 2.62. The quantitative estimate of drug-likeness (QED) is 0.632. The summed E-state index contributed by atoms with van der Waals surface area (Å²) >= 11 is 0.995. The van der Waals surface area contributed by atoms with Crippen LogP contribution in [0.25, 0.3) is 0 Å². The Balaban J connectivity index is 1.50. The van der Waals surface area contributed by atoms with Crippen molar-refractivity contribution in [2.45, 2.75) is 18.9 Å². The molecule has 9 heteroatoms. The maximum Gasteiger partial charge on any atom is 0.228 e. The van der Waals surface area contributed by atoms with Crippen molar-refractivity contribution in [2.75, 3.05) is 39.6 Å². The highest BCUT2D eigenvalue weighted by molar-refractivity contribution is 7.16. The number of aromatic nitrogens is 1. The maximum atomic E-state index is 13.1. The van der Waals surface area contributed by atoms with Crippen LogP contribution in [0.4, 0.5) is 5.69 Å². The number of fused-ring (bicyclic) bond motifs is 2. The molecule has 0 saturated carbocycles. The van der Waals surface area contributed by atoms with Gasteiger partial charge >= 0.3 is 0 Å². The minimum atomic E-state index is -0.454. The van der Waals surface area contributed by atoms with Crippen LogP contribution in [0.3, 0.4) is 0 Å². The van der Waals surface area contributed by atoms with Gasteiger partial charge in [-0.05, 0) is 50.7 Å². The number of carbonyl (C=O) groups is 3. The van der Waals surface area contributed by atoms with Gasteiger partial charge in [-0.2, -0.15) is 0 Å². The van der Waals surface area contributed by atoms with E-state index in [-0.39, 0.29) is 38.6 Å². The lowest BCUT2D eigenvalue weighted by molar-refractivity contribution is 0.0961. The number of rotatable bonds is 7. The Labute approximate surface area is 184 Å². The first kappa shape index (κ1) is 21.2. The lowest BCUT2D eigenvalue weighted by Gasteiger charge is -2.25. The fourth-order valence-electron chi connectivity index (χ4n) is 3.63. The smallest absolute Gasteiger partial charge is 0.228 e. The summed E-state index contributed by atoms with van der Waals surface area (Å²) in [5, 5.41) is 6.45. The number of thiazole rings is 1. The van der Waals surface area contributed by atoms with Crippen LogP contribution in [0.5, 0.6) is 5.75 Å². The molecule has 162 valence electrons. The van der Waals surface area contributed by atoms with Crippen molar-refractivity contribution in [1.29, 1.82) is 0 Å². The highest BCUT2D eigenvalue weighted by Crippen LogP contribution is 2.32.